The number of benzene rings is 2. The number of ether oxygens (including phenoxy) is 2. The number of carbonyl (C=O) groups excluding carboxylic acids is 3. The Balaban J connectivity index is 1.41. The van der Waals surface area contributed by atoms with E-state index in [4.69, 9.17) is 21.7 Å². The zero-order valence-corrected chi connectivity index (χ0v) is 20.8. The monoisotopic (exact) mass is 525 g/mol. The Kier molecular flexibility index (Phi) is 7.80. The molecule has 1 fully saturated rings. The highest BCUT2D eigenvalue weighted by molar-refractivity contribution is 8.26. The lowest BCUT2D eigenvalue weighted by molar-refractivity contribution is -0.123. The minimum Gasteiger partial charge on any atom is -0.493 e. The van der Waals surface area contributed by atoms with Gasteiger partial charge in [0.1, 0.15) is 0 Å². The molecule has 35 heavy (non-hydrogen) atoms. The average molecular weight is 526 g/mol. The Morgan fingerprint density at radius 2 is 1.89 bits per heavy atom. The van der Waals surface area contributed by atoms with Crippen molar-refractivity contribution < 1.29 is 23.9 Å². The molecule has 2 aromatic carbocycles. The Morgan fingerprint density at radius 1 is 1.09 bits per heavy atom. The summed E-state index contributed by atoms with van der Waals surface area (Å²) in [5, 5.41) is 5.58. The van der Waals surface area contributed by atoms with Crippen LogP contribution in [-0.4, -0.2) is 40.8 Å². The zero-order chi connectivity index (χ0) is 24.8. The summed E-state index contributed by atoms with van der Waals surface area (Å²) in [7, 11) is 1.48. The summed E-state index contributed by atoms with van der Waals surface area (Å²) in [6.07, 6.45) is 1.64. The number of hydrogen-bond acceptors (Lipinski definition) is 8. The van der Waals surface area contributed by atoms with E-state index in [2.05, 4.69) is 10.7 Å². The van der Waals surface area contributed by atoms with Crippen LogP contribution < -0.4 is 20.2 Å². The Bertz CT molecular complexity index is 1290. The van der Waals surface area contributed by atoms with Gasteiger partial charge in [0.2, 0.25) is 0 Å². The Labute approximate surface area is 214 Å². The van der Waals surface area contributed by atoms with Crippen molar-refractivity contribution in [3.8, 4) is 11.5 Å². The third kappa shape index (κ3) is 6.07. The van der Waals surface area contributed by atoms with Gasteiger partial charge in [0.25, 0.3) is 17.7 Å². The molecule has 0 saturated carbocycles. The van der Waals surface area contributed by atoms with Crippen LogP contribution in [0.25, 0.3) is 6.08 Å². The molecule has 4 rings (SSSR count). The number of thiophene rings is 1. The molecule has 0 bridgehead atoms. The van der Waals surface area contributed by atoms with E-state index in [0.717, 1.165) is 16.8 Å². The normalized spacial score (nSPS) is 14.2. The maximum atomic E-state index is 12.8. The molecule has 3 aromatic rings. The minimum atomic E-state index is -0.429. The summed E-state index contributed by atoms with van der Waals surface area (Å²) in [5.41, 5.74) is 3.88. The number of carbonyl (C=O) groups is 3. The van der Waals surface area contributed by atoms with Gasteiger partial charge in [0.15, 0.2) is 22.4 Å². The van der Waals surface area contributed by atoms with Crippen LogP contribution in [0, 0.1) is 0 Å². The fourth-order valence-corrected chi connectivity index (χ4v) is 4.83. The summed E-state index contributed by atoms with van der Waals surface area (Å²) in [6.45, 7) is -0.201. The fourth-order valence-electron chi connectivity index (χ4n) is 3.03. The average Bonchev–Trinajstić information content (AvgIpc) is 3.49. The van der Waals surface area contributed by atoms with Gasteiger partial charge in [-0.3, -0.25) is 19.8 Å². The molecule has 178 valence electrons. The van der Waals surface area contributed by atoms with Gasteiger partial charge in [0.05, 0.1) is 16.9 Å². The number of para-hydroxylation sites is 1. The van der Waals surface area contributed by atoms with E-state index in [1.807, 2.05) is 18.2 Å². The summed E-state index contributed by atoms with van der Waals surface area (Å²) < 4.78 is 11.2. The van der Waals surface area contributed by atoms with E-state index in [0.29, 0.717) is 32.5 Å². The van der Waals surface area contributed by atoms with Crippen molar-refractivity contribution in [2.75, 3.05) is 19.0 Å². The van der Waals surface area contributed by atoms with Gasteiger partial charge >= 0.3 is 0 Å². The third-order valence-corrected chi connectivity index (χ3v) is 6.82. The molecular formula is C24H19N3O5S3. The first-order valence-corrected chi connectivity index (χ1v) is 12.3. The predicted octanol–water partition coefficient (Wildman–Crippen LogP) is 4.32. The van der Waals surface area contributed by atoms with E-state index in [1.165, 1.54) is 18.4 Å². The highest BCUT2D eigenvalue weighted by Gasteiger charge is 2.34. The van der Waals surface area contributed by atoms with Crippen LogP contribution >= 0.6 is 35.3 Å². The molecule has 0 radical (unpaired) electrons. The van der Waals surface area contributed by atoms with Crippen LogP contribution in [0.3, 0.4) is 0 Å². The predicted molar refractivity (Wildman–Crippen MR) is 140 cm³/mol. The molecule has 0 unspecified atom stereocenters. The third-order valence-electron chi connectivity index (χ3n) is 4.65. The van der Waals surface area contributed by atoms with Crippen molar-refractivity contribution in [3.05, 3.63) is 81.4 Å². The summed E-state index contributed by atoms with van der Waals surface area (Å²) in [4.78, 5) is 38.1. The van der Waals surface area contributed by atoms with E-state index >= 15 is 0 Å². The molecule has 1 aliphatic heterocycles. The number of anilines is 1. The van der Waals surface area contributed by atoms with Crippen LogP contribution in [0.2, 0.25) is 0 Å². The van der Waals surface area contributed by atoms with E-state index in [1.54, 1.807) is 53.9 Å². The molecule has 1 aliphatic rings. The lowest BCUT2D eigenvalue weighted by atomic mass is 10.2. The molecule has 1 saturated heterocycles. The largest absolute Gasteiger partial charge is 0.493 e. The SMILES string of the molecule is COc1cc(/C=C2\SC(=S)N(NC(=O)c3cccs3)C2=O)ccc1OCC(=O)Nc1ccccc1. The molecule has 0 spiro atoms. The lowest BCUT2D eigenvalue weighted by Gasteiger charge is -2.14. The minimum absolute atomic E-state index is 0.201. The topological polar surface area (TPSA) is 97.0 Å². The second kappa shape index (κ2) is 11.2. The lowest BCUT2D eigenvalue weighted by Crippen LogP contribution is -2.44. The van der Waals surface area contributed by atoms with Gasteiger partial charge in [-0.1, -0.05) is 42.1 Å². The Morgan fingerprint density at radius 3 is 2.60 bits per heavy atom. The number of hydrogen-bond donors (Lipinski definition) is 2. The van der Waals surface area contributed by atoms with Gasteiger partial charge in [-0.15, -0.1) is 11.3 Å². The van der Waals surface area contributed by atoms with Crippen molar-refractivity contribution in [1.82, 2.24) is 10.4 Å². The van der Waals surface area contributed by atoms with Crippen molar-refractivity contribution in [1.29, 1.82) is 0 Å². The molecule has 2 heterocycles. The molecule has 1 aromatic heterocycles. The maximum Gasteiger partial charge on any atom is 0.285 e. The first kappa shape index (κ1) is 24.5. The first-order valence-electron chi connectivity index (χ1n) is 10.2. The van der Waals surface area contributed by atoms with Crippen molar-refractivity contribution in [3.63, 3.8) is 0 Å². The Hall–Kier alpha value is -3.67. The number of hydrazine groups is 1. The number of amides is 3. The molecular weight excluding hydrogens is 506 g/mol. The molecule has 2 N–H and O–H groups in total. The van der Waals surface area contributed by atoms with E-state index in [-0.39, 0.29) is 16.8 Å². The highest BCUT2D eigenvalue weighted by Crippen LogP contribution is 2.34. The number of rotatable bonds is 8. The van der Waals surface area contributed by atoms with Gasteiger partial charge in [-0.2, -0.15) is 5.01 Å². The number of thiocarbonyl (C=S) groups is 1. The van der Waals surface area contributed by atoms with Gasteiger partial charge < -0.3 is 14.8 Å². The molecule has 3 amide bonds. The molecule has 0 aliphatic carbocycles. The van der Waals surface area contributed by atoms with Crippen LogP contribution in [0.15, 0.2) is 70.9 Å². The van der Waals surface area contributed by atoms with Crippen molar-refractivity contribution >= 4 is 69.1 Å². The summed E-state index contributed by atoms with van der Waals surface area (Å²) >= 11 is 7.61. The van der Waals surface area contributed by atoms with E-state index < -0.39 is 11.8 Å². The zero-order valence-electron chi connectivity index (χ0n) is 18.3. The number of nitrogens with one attached hydrogen (secondary N) is 2. The smallest absolute Gasteiger partial charge is 0.285 e. The molecule has 0 atom stereocenters. The second-order valence-electron chi connectivity index (χ2n) is 7.05. The maximum absolute atomic E-state index is 12.8. The standard InChI is InChI=1S/C24H19N3O5S3/c1-31-18-12-15(9-10-17(18)32-14-21(28)25-16-6-3-2-4-7-16)13-20-23(30)27(24(33)35-20)26-22(29)19-8-5-11-34-19/h2-13H,14H2,1H3,(H,25,28)(H,26,29)/b20-13-. The summed E-state index contributed by atoms with van der Waals surface area (Å²) in [5.74, 6) is -0.370. The van der Waals surface area contributed by atoms with Gasteiger partial charge in [-0.05, 0) is 59.6 Å². The number of methoxy groups -OCH3 is 1. The van der Waals surface area contributed by atoms with Crippen LogP contribution in [-0.2, 0) is 9.59 Å². The highest BCUT2D eigenvalue weighted by atomic mass is 32.2. The quantitative estimate of drug-likeness (QED) is 0.334. The van der Waals surface area contributed by atoms with Crippen LogP contribution in [0.1, 0.15) is 15.2 Å². The summed E-state index contributed by atoms with van der Waals surface area (Å²) in [6, 6.07) is 17.5. The van der Waals surface area contributed by atoms with Crippen molar-refractivity contribution in [2.24, 2.45) is 0 Å². The number of nitrogens with zero attached hydrogens (tertiary/aromatic N) is 1. The van der Waals surface area contributed by atoms with Crippen LogP contribution in [0.4, 0.5) is 5.69 Å². The van der Waals surface area contributed by atoms with Crippen LogP contribution in [0.5, 0.6) is 11.5 Å². The second-order valence-corrected chi connectivity index (χ2v) is 9.67. The first-order chi connectivity index (χ1) is 16.9. The number of thioether (sulfide) groups is 1. The molecule has 11 heteroatoms. The van der Waals surface area contributed by atoms with Crippen molar-refractivity contribution in [2.45, 2.75) is 0 Å². The molecule has 8 nitrogen and oxygen atoms in total. The van der Waals surface area contributed by atoms with Gasteiger partial charge in [-0.25, -0.2) is 0 Å². The van der Waals surface area contributed by atoms with Gasteiger partial charge in [0, 0.05) is 5.69 Å². The van der Waals surface area contributed by atoms with E-state index in [9.17, 15) is 14.4 Å². The fraction of sp³-hybridized carbons (Fsp3) is 0.0833.